The topological polar surface area (TPSA) is 32.3 Å². The van der Waals surface area contributed by atoms with Crippen LogP contribution in [0.5, 0.6) is 5.75 Å². The van der Waals surface area contributed by atoms with E-state index < -0.39 is 0 Å². The average Bonchev–Trinajstić information content (AvgIpc) is 2.83. The van der Waals surface area contributed by atoms with Gasteiger partial charge in [-0.2, -0.15) is 0 Å². The second-order valence-corrected chi connectivity index (χ2v) is 5.41. The van der Waals surface area contributed by atoms with Gasteiger partial charge in [0.25, 0.3) is 0 Å². The summed E-state index contributed by atoms with van der Waals surface area (Å²) >= 11 is 0. The molecule has 0 aromatic heterocycles. The Hall–Kier alpha value is -1.02. The molecule has 1 aliphatic heterocycles. The Morgan fingerprint density at radius 3 is 2.94 bits per heavy atom. The molecule has 0 saturated carbocycles. The molecule has 1 atom stereocenters. The number of nitrogens with one attached hydrogen (secondary N) is 1. The third-order valence-electron chi connectivity index (χ3n) is 4.24. The van der Waals surface area contributed by atoms with Gasteiger partial charge in [-0.3, -0.25) is 0 Å². The fourth-order valence-electron chi connectivity index (χ4n) is 3.30. The van der Waals surface area contributed by atoms with E-state index in [1.54, 1.807) is 0 Å². The van der Waals surface area contributed by atoms with Gasteiger partial charge in [0.2, 0.25) is 0 Å². The van der Waals surface area contributed by atoms with Gasteiger partial charge in [0.05, 0.1) is 0 Å². The van der Waals surface area contributed by atoms with E-state index in [-0.39, 0.29) is 0 Å². The summed E-state index contributed by atoms with van der Waals surface area (Å²) in [5.41, 5.74) is 4.13. The van der Waals surface area contributed by atoms with Crippen LogP contribution in [0.1, 0.15) is 42.4 Å². The normalized spacial score (nSPS) is 23.6. The van der Waals surface area contributed by atoms with Crippen LogP contribution in [0.2, 0.25) is 0 Å². The minimum atomic E-state index is 0.512. The maximum absolute atomic E-state index is 10.1. The lowest BCUT2D eigenvalue weighted by Crippen LogP contribution is -2.35. The van der Waals surface area contributed by atoms with Crippen LogP contribution in [0.15, 0.2) is 12.1 Å². The second-order valence-electron chi connectivity index (χ2n) is 5.41. The summed E-state index contributed by atoms with van der Waals surface area (Å²) in [6, 6.07) is 4.57. The third-order valence-corrected chi connectivity index (χ3v) is 4.24. The number of hydrogen-bond acceptors (Lipinski definition) is 2. The monoisotopic (exact) mass is 231 g/mol. The van der Waals surface area contributed by atoms with Crippen molar-refractivity contribution in [1.82, 2.24) is 5.32 Å². The molecule has 1 saturated heterocycles. The minimum absolute atomic E-state index is 0.512. The van der Waals surface area contributed by atoms with Gasteiger partial charge in [-0.15, -0.1) is 0 Å². The van der Waals surface area contributed by atoms with Crippen LogP contribution in [0, 0.1) is 0 Å². The van der Waals surface area contributed by atoms with E-state index in [1.807, 2.05) is 6.07 Å². The standard InChI is InChI=1S/C15H21NO/c17-15-8-7-11-4-3-6-13(11)14(15)10-12-5-1-2-9-16-12/h7-8,12,16-17H,1-6,9-10H2. The van der Waals surface area contributed by atoms with Crippen molar-refractivity contribution in [2.45, 2.75) is 51.0 Å². The van der Waals surface area contributed by atoms with Crippen LogP contribution in [-0.4, -0.2) is 17.7 Å². The average molecular weight is 231 g/mol. The van der Waals surface area contributed by atoms with Gasteiger partial charge in [-0.25, -0.2) is 0 Å². The molecule has 0 bridgehead atoms. The van der Waals surface area contributed by atoms with Crippen molar-refractivity contribution in [2.75, 3.05) is 6.54 Å². The van der Waals surface area contributed by atoms with Gasteiger partial charge < -0.3 is 10.4 Å². The maximum Gasteiger partial charge on any atom is 0.119 e. The van der Waals surface area contributed by atoms with Crippen molar-refractivity contribution >= 4 is 0 Å². The Labute approximate surface area is 103 Å². The first-order valence-electron chi connectivity index (χ1n) is 6.90. The van der Waals surface area contributed by atoms with Crippen LogP contribution in [0.25, 0.3) is 0 Å². The number of phenols is 1. The smallest absolute Gasteiger partial charge is 0.119 e. The zero-order chi connectivity index (χ0) is 11.7. The summed E-state index contributed by atoms with van der Waals surface area (Å²) in [6.07, 6.45) is 8.50. The molecule has 1 fully saturated rings. The summed E-state index contributed by atoms with van der Waals surface area (Å²) in [5, 5.41) is 13.7. The molecule has 3 rings (SSSR count). The molecular formula is C15H21NO. The molecule has 2 N–H and O–H groups in total. The van der Waals surface area contributed by atoms with Gasteiger partial charge >= 0.3 is 0 Å². The highest BCUT2D eigenvalue weighted by atomic mass is 16.3. The zero-order valence-electron chi connectivity index (χ0n) is 10.3. The van der Waals surface area contributed by atoms with E-state index in [2.05, 4.69) is 11.4 Å². The van der Waals surface area contributed by atoms with E-state index in [1.165, 1.54) is 48.8 Å². The number of piperidine rings is 1. The Balaban J connectivity index is 1.84. The predicted octanol–water partition coefficient (Wildman–Crippen LogP) is 2.57. The Morgan fingerprint density at radius 2 is 2.12 bits per heavy atom. The highest BCUT2D eigenvalue weighted by Crippen LogP contribution is 2.32. The van der Waals surface area contributed by atoms with E-state index in [4.69, 9.17) is 0 Å². The SMILES string of the molecule is Oc1ccc2c(c1CC1CCCCN1)CCC2. The second kappa shape index (κ2) is 4.69. The molecular weight excluding hydrogens is 210 g/mol. The molecule has 17 heavy (non-hydrogen) atoms. The molecule has 1 aliphatic carbocycles. The molecule has 2 heteroatoms. The van der Waals surface area contributed by atoms with Gasteiger partial charge in [-0.05, 0) is 67.8 Å². The number of rotatable bonds is 2. The summed E-state index contributed by atoms with van der Waals surface area (Å²) in [7, 11) is 0. The van der Waals surface area contributed by atoms with Gasteiger partial charge in [0.15, 0.2) is 0 Å². The molecule has 2 aliphatic rings. The summed E-state index contributed by atoms with van der Waals surface area (Å²) in [4.78, 5) is 0. The Morgan fingerprint density at radius 1 is 1.18 bits per heavy atom. The van der Waals surface area contributed by atoms with Crippen LogP contribution in [-0.2, 0) is 19.3 Å². The van der Waals surface area contributed by atoms with Crippen molar-refractivity contribution in [2.24, 2.45) is 0 Å². The zero-order valence-corrected chi connectivity index (χ0v) is 10.3. The Bertz CT molecular complexity index is 408. The molecule has 92 valence electrons. The summed E-state index contributed by atoms with van der Waals surface area (Å²) in [5.74, 6) is 0.512. The molecule has 1 aromatic carbocycles. The fraction of sp³-hybridized carbons (Fsp3) is 0.600. The van der Waals surface area contributed by atoms with Crippen molar-refractivity contribution in [3.8, 4) is 5.75 Å². The van der Waals surface area contributed by atoms with Crippen LogP contribution < -0.4 is 5.32 Å². The van der Waals surface area contributed by atoms with Crippen LogP contribution in [0.3, 0.4) is 0 Å². The van der Waals surface area contributed by atoms with Crippen molar-refractivity contribution in [3.63, 3.8) is 0 Å². The minimum Gasteiger partial charge on any atom is -0.508 e. The number of benzene rings is 1. The van der Waals surface area contributed by atoms with E-state index in [9.17, 15) is 5.11 Å². The number of phenolic OH excluding ortho intramolecular Hbond substituents is 1. The van der Waals surface area contributed by atoms with E-state index in [0.717, 1.165) is 19.4 Å². The molecule has 1 heterocycles. The first-order valence-corrected chi connectivity index (χ1v) is 6.90. The number of aryl methyl sites for hydroxylation is 1. The van der Waals surface area contributed by atoms with Crippen LogP contribution in [0.4, 0.5) is 0 Å². The van der Waals surface area contributed by atoms with Crippen LogP contribution >= 0.6 is 0 Å². The first-order chi connectivity index (χ1) is 8.34. The molecule has 1 unspecified atom stereocenters. The summed E-state index contributed by atoms with van der Waals surface area (Å²) in [6.45, 7) is 1.14. The van der Waals surface area contributed by atoms with Crippen molar-refractivity contribution < 1.29 is 5.11 Å². The number of hydrogen-bond donors (Lipinski definition) is 2. The maximum atomic E-state index is 10.1. The van der Waals surface area contributed by atoms with Crippen molar-refractivity contribution in [3.05, 3.63) is 28.8 Å². The largest absolute Gasteiger partial charge is 0.508 e. The molecule has 0 radical (unpaired) electrons. The fourth-order valence-corrected chi connectivity index (χ4v) is 3.30. The lowest BCUT2D eigenvalue weighted by molar-refractivity contribution is 0.391. The number of fused-ring (bicyclic) bond motifs is 1. The highest BCUT2D eigenvalue weighted by molar-refractivity contribution is 5.47. The lowest BCUT2D eigenvalue weighted by atomic mass is 9.92. The van der Waals surface area contributed by atoms with Gasteiger partial charge in [0, 0.05) is 6.04 Å². The molecule has 2 nitrogen and oxygen atoms in total. The lowest BCUT2D eigenvalue weighted by Gasteiger charge is -2.24. The molecule has 0 amide bonds. The number of aromatic hydroxyl groups is 1. The third kappa shape index (κ3) is 2.19. The molecule has 1 aromatic rings. The first kappa shape index (κ1) is 11.1. The quantitative estimate of drug-likeness (QED) is 0.820. The van der Waals surface area contributed by atoms with E-state index >= 15 is 0 Å². The van der Waals surface area contributed by atoms with E-state index in [0.29, 0.717) is 11.8 Å². The van der Waals surface area contributed by atoms with Gasteiger partial charge in [-0.1, -0.05) is 12.5 Å². The summed E-state index contributed by atoms with van der Waals surface area (Å²) < 4.78 is 0. The predicted molar refractivity (Wildman–Crippen MR) is 69.5 cm³/mol. The Kier molecular flexibility index (Phi) is 3.06. The highest BCUT2D eigenvalue weighted by Gasteiger charge is 2.21. The van der Waals surface area contributed by atoms with Gasteiger partial charge in [0.1, 0.15) is 5.75 Å². The van der Waals surface area contributed by atoms with Crippen molar-refractivity contribution in [1.29, 1.82) is 0 Å². The molecule has 0 spiro atoms.